The molecule has 48 heavy (non-hydrogen) atoms. The number of amides is 1. The Hall–Kier alpha value is -4.86. The Morgan fingerprint density at radius 2 is 1.15 bits per heavy atom. The molecular weight excluding hydrogens is 641 g/mol. The average Bonchev–Trinajstić information content (AvgIpc) is 3.09. The highest BCUT2D eigenvalue weighted by Gasteiger charge is 2.36. The fraction of sp³-hybridized carbons (Fsp3) is 0.179. The Labute approximate surface area is 286 Å². The highest BCUT2D eigenvalue weighted by atomic mass is 32.2. The van der Waals surface area contributed by atoms with Gasteiger partial charge in [0.25, 0.3) is 15.9 Å². The van der Waals surface area contributed by atoms with Crippen molar-refractivity contribution >= 4 is 39.3 Å². The molecule has 246 valence electrons. The number of hydrogen-bond donors (Lipinski definition) is 2. The molecule has 0 bridgehead atoms. The summed E-state index contributed by atoms with van der Waals surface area (Å²) in [5.74, 6) is -0.0179. The number of hydrogen-bond acceptors (Lipinski definition) is 6. The molecule has 0 atom stereocenters. The molecule has 5 aromatic carbocycles. The first kappa shape index (κ1) is 34.5. The fourth-order valence-electron chi connectivity index (χ4n) is 5.15. The number of ether oxygens (including phenoxy) is 1. The summed E-state index contributed by atoms with van der Waals surface area (Å²) in [6.07, 6.45) is 0. The van der Waals surface area contributed by atoms with Gasteiger partial charge in [-0.3, -0.25) is 14.3 Å². The summed E-state index contributed by atoms with van der Waals surface area (Å²) in [5, 5.41) is 2.99. The van der Waals surface area contributed by atoms with E-state index in [9.17, 15) is 18.0 Å². The first-order chi connectivity index (χ1) is 23.0. The topological polar surface area (TPSA) is 102 Å². The van der Waals surface area contributed by atoms with Crippen LogP contribution in [-0.4, -0.2) is 32.6 Å². The van der Waals surface area contributed by atoms with Crippen LogP contribution in [0.5, 0.6) is 5.75 Å². The maximum atomic E-state index is 13.4. The lowest BCUT2D eigenvalue weighted by Gasteiger charge is -2.35. The molecule has 0 aromatic heterocycles. The first-order valence-corrected chi connectivity index (χ1v) is 18.0. The molecular formula is C39H38N2O5S2. The van der Waals surface area contributed by atoms with Crippen LogP contribution in [0.4, 0.5) is 5.69 Å². The van der Waals surface area contributed by atoms with Crippen molar-refractivity contribution < 1.29 is 22.7 Å². The second-order valence-corrected chi connectivity index (χ2v) is 15.1. The van der Waals surface area contributed by atoms with Gasteiger partial charge >= 0.3 is 5.97 Å². The molecule has 0 aliphatic heterocycles. The molecule has 5 rings (SSSR count). The van der Waals surface area contributed by atoms with Crippen molar-refractivity contribution in [1.29, 1.82) is 0 Å². The highest BCUT2D eigenvalue weighted by Crippen LogP contribution is 2.48. The Balaban J connectivity index is 1.30. The third-order valence-electron chi connectivity index (χ3n) is 7.62. The van der Waals surface area contributed by atoms with E-state index in [0.29, 0.717) is 12.3 Å². The van der Waals surface area contributed by atoms with Crippen LogP contribution in [0.15, 0.2) is 144 Å². The molecule has 2 N–H and O–H groups in total. The van der Waals surface area contributed by atoms with Crippen LogP contribution in [0.2, 0.25) is 0 Å². The number of nitrogens with one attached hydrogen (secondary N) is 2. The van der Waals surface area contributed by atoms with Gasteiger partial charge in [-0.15, -0.1) is 11.8 Å². The van der Waals surface area contributed by atoms with Crippen LogP contribution >= 0.6 is 11.8 Å². The molecule has 0 aliphatic carbocycles. The second-order valence-electron chi connectivity index (χ2n) is 12.1. The largest absolute Gasteiger partial charge is 0.426 e. The van der Waals surface area contributed by atoms with E-state index in [1.165, 1.54) is 24.3 Å². The van der Waals surface area contributed by atoms with Gasteiger partial charge in [0.2, 0.25) is 0 Å². The smallest absolute Gasteiger partial charge is 0.316 e. The van der Waals surface area contributed by atoms with E-state index in [4.69, 9.17) is 4.74 Å². The number of carbonyl (C=O) groups excluding carboxylic acids is 2. The Morgan fingerprint density at radius 1 is 0.667 bits per heavy atom. The van der Waals surface area contributed by atoms with Crippen molar-refractivity contribution in [2.75, 3.05) is 17.0 Å². The maximum Gasteiger partial charge on any atom is 0.316 e. The molecule has 0 unspecified atom stereocenters. The zero-order chi connectivity index (χ0) is 34.2. The summed E-state index contributed by atoms with van der Waals surface area (Å²) in [4.78, 5) is 25.6. The van der Waals surface area contributed by atoms with Crippen LogP contribution in [-0.2, 0) is 19.6 Å². The molecule has 7 nitrogen and oxygen atoms in total. The van der Waals surface area contributed by atoms with Crippen molar-refractivity contribution in [3.05, 3.63) is 162 Å². The Kier molecular flexibility index (Phi) is 10.7. The van der Waals surface area contributed by atoms with Crippen LogP contribution < -0.4 is 14.8 Å². The van der Waals surface area contributed by atoms with E-state index in [1.807, 2.05) is 54.6 Å². The Morgan fingerprint density at radius 3 is 1.65 bits per heavy atom. The molecule has 0 radical (unpaired) electrons. The highest BCUT2D eigenvalue weighted by molar-refractivity contribution is 8.00. The van der Waals surface area contributed by atoms with E-state index in [-0.39, 0.29) is 21.9 Å². The van der Waals surface area contributed by atoms with Crippen molar-refractivity contribution in [2.24, 2.45) is 5.41 Å². The first-order valence-electron chi connectivity index (χ1n) is 15.5. The van der Waals surface area contributed by atoms with Gasteiger partial charge in [-0.1, -0.05) is 103 Å². The molecule has 1 amide bonds. The summed E-state index contributed by atoms with van der Waals surface area (Å²) >= 11 is 1.73. The van der Waals surface area contributed by atoms with Crippen LogP contribution in [0.1, 0.15) is 47.8 Å². The fourth-order valence-corrected chi connectivity index (χ4v) is 7.65. The predicted octanol–water partition coefficient (Wildman–Crippen LogP) is 7.89. The minimum atomic E-state index is -4.05. The number of rotatable bonds is 12. The predicted molar refractivity (Wildman–Crippen MR) is 193 cm³/mol. The normalized spacial score (nSPS) is 11.8. The number of thioether (sulfide) groups is 1. The lowest BCUT2D eigenvalue weighted by molar-refractivity contribution is -0.143. The molecule has 9 heteroatoms. The molecule has 0 fully saturated rings. The summed E-state index contributed by atoms with van der Waals surface area (Å²) in [5.41, 5.74) is 3.02. The van der Waals surface area contributed by atoms with E-state index in [2.05, 4.69) is 46.4 Å². The number of benzene rings is 5. The number of para-hydroxylation sites is 1. The van der Waals surface area contributed by atoms with Gasteiger partial charge in [0.1, 0.15) is 5.75 Å². The summed E-state index contributed by atoms with van der Waals surface area (Å²) in [6.45, 7) is 5.54. The van der Waals surface area contributed by atoms with Crippen LogP contribution in [0.3, 0.4) is 0 Å². The van der Waals surface area contributed by atoms with Gasteiger partial charge in [0.05, 0.1) is 26.3 Å². The van der Waals surface area contributed by atoms with E-state index in [1.54, 1.807) is 56.8 Å². The molecule has 0 aliphatic rings. The minimum Gasteiger partial charge on any atom is -0.426 e. The zero-order valence-electron chi connectivity index (χ0n) is 27.1. The summed E-state index contributed by atoms with van der Waals surface area (Å²) in [7, 11) is -4.05. The SMILES string of the molecule is CC(C)(C)C(=O)Oc1ccc(S(=O)(=O)Nc2ccccc2C(=O)NCCSC(c2ccccc2)(c2ccccc2)c2ccccc2)cc1. The van der Waals surface area contributed by atoms with E-state index in [0.717, 1.165) is 16.7 Å². The second kappa shape index (κ2) is 14.9. The monoisotopic (exact) mass is 678 g/mol. The van der Waals surface area contributed by atoms with Gasteiger partial charge in [0.15, 0.2) is 0 Å². The van der Waals surface area contributed by atoms with Crippen molar-refractivity contribution in [1.82, 2.24) is 5.32 Å². The molecule has 0 saturated heterocycles. The number of sulfonamides is 1. The summed E-state index contributed by atoms with van der Waals surface area (Å²) < 4.78 is 34.0. The van der Waals surface area contributed by atoms with E-state index >= 15 is 0 Å². The third kappa shape index (κ3) is 7.98. The lowest BCUT2D eigenvalue weighted by Crippen LogP contribution is -2.30. The average molecular weight is 679 g/mol. The standard InChI is InChI=1S/C39H38N2O5S2/c1-38(2,3)37(43)46-32-23-25-33(26-24-32)48(44,45)41-35-22-14-13-21-34(35)36(42)40-27-28-47-39(29-15-7-4-8-16-29,30-17-9-5-10-18-30)31-19-11-6-12-20-31/h4-26,41H,27-28H2,1-3H3,(H,40,42). The van der Waals surface area contributed by atoms with Gasteiger partial charge in [-0.2, -0.15) is 0 Å². The van der Waals surface area contributed by atoms with Gasteiger partial charge in [-0.25, -0.2) is 8.42 Å². The van der Waals surface area contributed by atoms with Crippen molar-refractivity contribution in [2.45, 2.75) is 30.4 Å². The molecule has 0 heterocycles. The van der Waals surface area contributed by atoms with Crippen LogP contribution in [0, 0.1) is 5.41 Å². The number of anilines is 1. The Bertz CT molecular complexity index is 1850. The molecule has 0 saturated carbocycles. The maximum absolute atomic E-state index is 13.4. The minimum absolute atomic E-state index is 0.0382. The third-order valence-corrected chi connectivity index (χ3v) is 10.5. The number of carbonyl (C=O) groups is 2. The van der Waals surface area contributed by atoms with Crippen molar-refractivity contribution in [3.63, 3.8) is 0 Å². The quantitative estimate of drug-likeness (QED) is 0.0603. The van der Waals surface area contributed by atoms with E-state index < -0.39 is 32.1 Å². The van der Waals surface area contributed by atoms with Gasteiger partial charge < -0.3 is 10.1 Å². The lowest BCUT2D eigenvalue weighted by atomic mass is 9.84. The van der Waals surface area contributed by atoms with Gasteiger partial charge in [-0.05, 0) is 73.9 Å². The van der Waals surface area contributed by atoms with Gasteiger partial charge in [0, 0.05) is 12.3 Å². The summed E-state index contributed by atoms with van der Waals surface area (Å²) in [6, 6.07) is 43.0. The van der Waals surface area contributed by atoms with Crippen LogP contribution in [0.25, 0.3) is 0 Å². The van der Waals surface area contributed by atoms with Crippen molar-refractivity contribution in [3.8, 4) is 5.75 Å². The molecule has 0 spiro atoms. The number of esters is 1. The zero-order valence-corrected chi connectivity index (χ0v) is 28.7. The molecule has 5 aromatic rings.